The summed E-state index contributed by atoms with van der Waals surface area (Å²) < 4.78 is 0. The Hall–Kier alpha value is -2.22. The minimum atomic E-state index is 0. The molecule has 0 atom stereocenters. The zero-order chi connectivity index (χ0) is 41.1. The summed E-state index contributed by atoms with van der Waals surface area (Å²) in [5, 5.41) is 5.72. The van der Waals surface area contributed by atoms with Gasteiger partial charge in [0.25, 0.3) is 0 Å². The fraction of sp³-hybridized carbons (Fsp3) is 0.429. The molecule has 0 aliphatic heterocycles. The molecule has 0 bridgehead atoms. The van der Waals surface area contributed by atoms with Crippen LogP contribution in [0.15, 0.2) is 72.8 Å². The molecule has 0 N–H and O–H groups in total. The van der Waals surface area contributed by atoms with Gasteiger partial charge in [0, 0.05) is 0 Å². The maximum atomic E-state index is 3.06. The summed E-state index contributed by atoms with van der Waals surface area (Å²) in [5.41, 5.74) is 21.3. The second-order valence-corrected chi connectivity index (χ2v) is 21.2. The quantitative estimate of drug-likeness (QED) is 0.120. The van der Waals surface area contributed by atoms with Crippen LogP contribution in [-0.2, 0) is 70.7 Å². The number of halogens is 2. The molecule has 60 heavy (non-hydrogen) atoms. The second-order valence-electron chi connectivity index (χ2n) is 21.2. The summed E-state index contributed by atoms with van der Waals surface area (Å²) in [6, 6.07) is 29.1. The van der Waals surface area contributed by atoms with E-state index in [4.69, 9.17) is 0 Å². The molecule has 0 saturated heterocycles. The van der Waals surface area contributed by atoms with Crippen LogP contribution in [0.25, 0.3) is 43.8 Å². The van der Waals surface area contributed by atoms with Crippen molar-refractivity contribution in [1.29, 1.82) is 0 Å². The van der Waals surface area contributed by atoms with Crippen molar-refractivity contribution in [3.05, 3.63) is 143 Å². The monoisotopic (exact) mass is 934 g/mol. The van der Waals surface area contributed by atoms with E-state index in [1.807, 2.05) is 0 Å². The topological polar surface area (TPSA) is 0 Å². The average molecular weight is 937 g/mol. The predicted molar refractivity (Wildman–Crippen MR) is 271 cm³/mol. The Labute approximate surface area is 396 Å². The van der Waals surface area contributed by atoms with Crippen LogP contribution in [0.1, 0.15) is 152 Å². The molecule has 6 aromatic rings. The van der Waals surface area contributed by atoms with Crippen molar-refractivity contribution >= 4 is 53.2 Å². The molecule has 6 aromatic carbocycles. The molecule has 2 radical (unpaired) electrons. The van der Waals surface area contributed by atoms with E-state index in [0.717, 1.165) is 0 Å². The Bertz CT molecular complexity index is 2180. The number of aryl methyl sites for hydroxylation is 4. The first-order valence-electron chi connectivity index (χ1n) is 21.1. The minimum absolute atomic E-state index is 0. The van der Waals surface area contributed by atoms with E-state index in [2.05, 4.69) is 177 Å². The molecule has 0 saturated carbocycles. The summed E-state index contributed by atoms with van der Waals surface area (Å²) in [4.78, 5) is 0. The van der Waals surface area contributed by atoms with Crippen LogP contribution < -0.4 is 0 Å². The van der Waals surface area contributed by atoms with Gasteiger partial charge in [-0.25, -0.2) is 0 Å². The fourth-order valence-corrected chi connectivity index (χ4v) is 9.08. The number of hydrogen-bond donors (Lipinski definition) is 0. The van der Waals surface area contributed by atoms with Crippen molar-refractivity contribution in [3.63, 3.8) is 0 Å². The molecule has 2 aliphatic carbocycles. The molecule has 0 fully saturated rings. The van der Waals surface area contributed by atoms with Crippen LogP contribution in [0, 0.1) is 28.7 Å². The van der Waals surface area contributed by atoms with Gasteiger partial charge in [-0.3, -0.25) is 0 Å². The van der Waals surface area contributed by atoms with Crippen molar-refractivity contribution in [2.24, 2.45) is 0 Å². The van der Waals surface area contributed by atoms with E-state index in [-0.39, 0.29) is 61.3 Å². The molecule has 0 nitrogen and oxygen atoms in total. The van der Waals surface area contributed by atoms with Crippen LogP contribution in [0.4, 0.5) is 0 Å². The van der Waals surface area contributed by atoms with Gasteiger partial charge >= 0.3 is 30.2 Å². The molecule has 2 aliphatic rings. The summed E-state index contributed by atoms with van der Waals surface area (Å²) in [7, 11) is 0. The molecule has 0 unspecified atom stereocenters. The van der Waals surface area contributed by atoms with Gasteiger partial charge < -0.3 is 14.9 Å². The van der Waals surface area contributed by atoms with E-state index in [1.54, 1.807) is 22.3 Å². The first-order chi connectivity index (χ1) is 26.1. The zero-order valence-corrected chi connectivity index (χ0v) is 45.1. The number of fused-ring (bicyclic) bond motifs is 4. The Morgan fingerprint density at radius 3 is 0.983 bits per heavy atom. The predicted octanol–water partition coefficient (Wildman–Crippen LogP) is 16.6. The number of rotatable bonds is 2. The summed E-state index contributed by atoms with van der Waals surface area (Å²) >= 11 is 1.36. The van der Waals surface area contributed by atoms with Gasteiger partial charge in [-0.05, 0) is 93.6 Å². The summed E-state index contributed by atoms with van der Waals surface area (Å²) in [5.74, 6) is 0. The molecule has 324 valence electrons. The van der Waals surface area contributed by atoms with Gasteiger partial charge in [0.2, 0.25) is 0 Å². The molecule has 4 heteroatoms. The molecule has 0 amide bonds. The Balaban J connectivity index is 0.000000373. The molecule has 8 rings (SSSR count). The SMILES string of the molecule is Cc1cc2c(-c3cc(C(C)(C)C)cc(C(C)(C)C)c3)c3c(cc2[cH-]1)CCC3.Cc1cc2c(-c3cc(C(C)(C)C)cc(C(C)(C)C)c3)c3c(cc2[cH-]1)CCC3.Cl.Cl.[CH3-].[CH3-].[Si]=[Zr]. The van der Waals surface area contributed by atoms with Crippen molar-refractivity contribution in [3.8, 4) is 22.3 Å². The Morgan fingerprint density at radius 2 is 0.717 bits per heavy atom. The van der Waals surface area contributed by atoms with Crippen LogP contribution in [0.3, 0.4) is 0 Å². The van der Waals surface area contributed by atoms with Gasteiger partial charge in [0.1, 0.15) is 0 Å². The first-order valence-corrected chi connectivity index (χ1v) is 25.3. The average Bonchev–Trinajstić information content (AvgIpc) is 3.91. The van der Waals surface area contributed by atoms with Crippen molar-refractivity contribution in [1.82, 2.24) is 0 Å². The van der Waals surface area contributed by atoms with Gasteiger partial charge in [-0.2, -0.15) is 12.1 Å². The van der Waals surface area contributed by atoms with Gasteiger partial charge in [-0.15, -0.1) is 81.8 Å². The van der Waals surface area contributed by atoms with E-state index in [1.165, 1.54) is 139 Å². The fourth-order valence-electron chi connectivity index (χ4n) is 9.08. The molecule has 0 aromatic heterocycles. The van der Waals surface area contributed by atoms with E-state index in [0.29, 0.717) is 0 Å². The number of hydrogen-bond acceptors (Lipinski definition) is 0. The third-order valence-electron chi connectivity index (χ3n) is 12.4. The summed E-state index contributed by atoms with van der Waals surface area (Å²) in [6.45, 7) is 35.5. The van der Waals surface area contributed by atoms with Crippen LogP contribution >= 0.6 is 24.8 Å². The second kappa shape index (κ2) is 20.1. The molecular weight excluding hydrogens is 863 g/mol. The van der Waals surface area contributed by atoms with Gasteiger partial charge in [-0.1, -0.05) is 167 Å². The zero-order valence-electron chi connectivity index (χ0n) is 40.0. The first kappa shape index (κ1) is 53.9. The van der Waals surface area contributed by atoms with Crippen molar-refractivity contribution < 1.29 is 23.3 Å². The van der Waals surface area contributed by atoms with Crippen molar-refractivity contribution in [2.75, 3.05) is 0 Å². The Morgan fingerprint density at radius 1 is 0.433 bits per heavy atom. The molecule has 0 spiro atoms. The third kappa shape index (κ3) is 11.3. The Kier molecular flexibility index (Phi) is 18.1. The normalized spacial score (nSPS) is 13.3. The van der Waals surface area contributed by atoms with Gasteiger partial charge in [0.15, 0.2) is 0 Å². The van der Waals surface area contributed by atoms with Crippen LogP contribution in [0.2, 0.25) is 0 Å². The molecular formula is C56H74Cl2SiZr-4. The van der Waals surface area contributed by atoms with Crippen LogP contribution in [-0.4, -0.2) is 6.88 Å². The van der Waals surface area contributed by atoms with Gasteiger partial charge in [0.05, 0.1) is 0 Å². The van der Waals surface area contributed by atoms with E-state index >= 15 is 0 Å². The van der Waals surface area contributed by atoms with Crippen molar-refractivity contribution in [2.45, 2.75) is 157 Å². The molecule has 0 heterocycles. The maximum absolute atomic E-state index is 3.06. The van der Waals surface area contributed by atoms with Crippen LogP contribution in [0.5, 0.6) is 0 Å². The van der Waals surface area contributed by atoms with E-state index in [9.17, 15) is 0 Å². The standard InChI is InChI=1S/2C27H33.2CH3.2ClH.Si.Zr/c2*1-17-11-19-13-18-9-8-10-23(18)25(24(19)12-17)20-14-21(26(2,3)4)16-22(15-20)27(5,6)7;;;;;;/h2*11-16H,8-10H2,1-7H3;2*1H3;2*1H;;/q4*-1;;;;. The summed E-state index contributed by atoms with van der Waals surface area (Å²) in [6.07, 6.45) is 7.48. The third-order valence-corrected chi connectivity index (χ3v) is 12.4. The van der Waals surface area contributed by atoms with E-state index < -0.39 is 0 Å². The number of benzene rings is 4.